The van der Waals surface area contributed by atoms with Crippen LogP contribution < -0.4 is 0 Å². The summed E-state index contributed by atoms with van der Waals surface area (Å²) in [5, 5.41) is 20.2. The third-order valence-corrected chi connectivity index (χ3v) is 2.09. The van der Waals surface area contributed by atoms with Crippen LogP contribution in [-0.2, 0) is 6.54 Å². The molecule has 78 valence electrons. The first-order valence-corrected chi connectivity index (χ1v) is 4.84. The van der Waals surface area contributed by atoms with Crippen LogP contribution >= 0.6 is 0 Å². The standard InChI is InChI=1S/C10H12N4O/c15-8-4-7-14-10(11-12-13-14)9-5-2-1-3-6-9/h1-3,5-6,15H,4,7-8H2. The molecule has 0 aliphatic rings. The van der Waals surface area contributed by atoms with Gasteiger partial charge in [0.1, 0.15) is 0 Å². The van der Waals surface area contributed by atoms with Gasteiger partial charge in [-0.25, -0.2) is 4.68 Å². The van der Waals surface area contributed by atoms with Gasteiger partial charge in [-0.1, -0.05) is 30.3 Å². The van der Waals surface area contributed by atoms with Crippen molar-refractivity contribution in [1.29, 1.82) is 0 Å². The first-order valence-electron chi connectivity index (χ1n) is 4.84. The number of aryl methyl sites for hydroxylation is 1. The number of aromatic nitrogens is 4. The SMILES string of the molecule is OCCCn1nnnc1-c1ccccc1. The zero-order valence-corrected chi connectivity index (χ0v) is 8.24. The fourth-order valence-electron chi connectivity index (χ4n) is 1.37. The summed E-state index contributed by atoms with van der Waals surface area (Å²) >= 11 is 0. The van der Waals surface area contributed by atoms with Crippen molar-refractivity contribution in [2.45, 2.75) is 13.0 Å². The Morgan fingerprint density at radius 1 is 1.20 bits per heavy atom. The van der Waals surface area contributed by atoms with E-state index in [-0.39, 0.29) is 6.61 Å². The van der Waals surface area contributed by atoms with Crippen molar-refractivity contribution in [2.75, 3.05) is 6.61 Å². The molecule has 0 aliphatic heterocycles. The Labute approximate surface area is 87.4 Å². The number of hydrogen-bond acceptors (Lipinski definition) is 4. The lowest BCUT2D eigenvalue weighted by atomic mass is 10.2. The molecule has 5 nitrogen and oxygen atoms in total. The number of tetrazole rings is 1. The summed E-state index contributed by atoms with van der Waals surface area (Å²) < 4.78 is 1.70. The Morgan fingerprint density at radius 3 is 2.73 bits per heavy atom. The normalized spacial score (nSPS) is 10.5. The molecule has 1 N–H and O–H groups in total. The molecule has 0 saturated heterocycles. The van der Waals surface area contributed by atoms with Gasteiger partial charge in [0.2, 0.25) is 0 Å². The van der Waals surface area contributed by atoms with Gasteiger partial charge in [0.15, 0.2) is 5.82 Å². The van der Waals surface area contributed by atoms with Gasteiger partial charge in [-0.2, -0.15) is 0 Å². The quantitative estimate of drug-likeness (QED) is 0.797. The molecule has 5 heteroatoms. The number of benzene rings is 1. The molecule has 0 saturated carbocycles. The van der Waals surface area contributed by atoms with Gasteiger partial charge in [0, 0.05) is 18.7 Å². The summed E-state index contributed by atoms with van der Waals surface area (Å²) in [7, 11) is 0. The number of aliphatic hydroxyl groups excluding tert-OH is 1. The first kappa shape index (κ1) is 9.79. The second-order valence-corrected chi connectivity index (χ2v) is 3.17. The van der Waals surface area contributed by atoms with E-state index in [4.69, 9.17) is 5.11 Å². The summed E-state index contributed by atoms with van der Waals surface area (Å²) in [5.74, 6) is 0.740. The van der Waals surface area contributed by atoms with E-state index in [1.807, 2.05) is 30.3 Å². The summed E-state index contributed by atoms with van der Waals surface area (Å²) in [6, 6.07) is 9.76. The van der Waals surface area contributed by atoms with E-state index in [0.717, 1.165) is 11.4 Å². The molecule has 1 aromatic carbocycles. The van der Waals surface area contributed by atoms with Crippen LogP contribution in [0, 0.1) is 0 Å². The van der Waals surface area contributed by atoms with Crippen LogP contribution in [-0.4, -0.2) is 31.9 Å². The van der Waals surface area contributed by atoms with Gasteiger partial charge in [-0.3, -0.25) is 0 Å². The molecule has 1 aromatic heterocycles. The van der Waals surface area contributed by atoms with Crippen LogP contribution in [0.4, 0.5) is 0 Å². The lowest BCUT2D eigenvalue weighted by molar-refractivity contribution is 0.276. The van der Waals surface area contributed by atoms with Crippen LogP contribution in [0.3, 0.4) is 0 Å². The average molecular weight is 204 g/mol. The van der Waals surface area contributed by atoms with Crippen LogP contribution in [0.1, 0.15) is 6.42 Å². The predicted octanol–water partition coefficient (Wildman–Crippen LogP) is 0.722. The maximum atomic E-state index is 8.74. The van der Waals surface area contributed by atoms with Crippen molar-refractivity contribution in [3.05, 3.63) is 30.3 Å². The summed E-state index contributed by atoms with van der Waals surface area (Å²) in [4.78, 5) is 0. The van der Waals surface area contributed by atoms with E-state index in [1.54, 1.807) is 4.68 Å². The lowest BCUT2D eigenvalue weighted by Crippen LogP contribution is -2.04. The summed E-state index contributed by atoms with van der Waals surface area (Å²) in [5.41, 5.74) is 0.987. The zero-order valence-electron chi connectivity index (χ0n) is 8.24. The van der Waals surface area contributed by atoms with Crippen molar-refractivity contribution >= 4 is 0 Å². The highest BCUT2D eigenvalue weighted by Gasteiger charge is 2.06. The number of nitrogens with zero attached hydrogens (tertiary/aromatic N) is 4. The van der Waals surface area contributed by atoms with Crippen molar-refractivity contribution in [2.24, 2.45) is 0 Å². The molecule has 15 heavy (non-hydrogen) atoms. The zero-order chi connectivity index (χ0) is 10.5. The fraction of sp³-hybridized carbons (Fsp3) is 0.300. The van der Waals surface area contributed by atoms with E-state index in [2.05, 4.69) is 15.5 Å². The van der Waals surface area contributed by atoms with E-state index in [1.165, 1.54) is 0 Å². The van der Waals surface area contributed by atoms with E-state index in [0.29, 0.717) is 13.0 Å². The highest BCUT2D eigenvalue weighted by molar-refractivity contribution is 5.53. The lowest BCUT2D eigenvalue weighted by Gasteiger charge is -2.02. The third-order valence-electron chi connectivity index (χ3n) is 2.09. The highest BCUT2D eigenvalue weighted by atomic mass is 16.3. The molecule has 0 atom stereocenters. The predicted molar refractivity (Wildman–Crippen MR) is 55.0 cm³/mol. The van der Waals surface area contributed by atoms with Gasteiger partial charge in [-0.15, -0.1) is 5.10 Å². The Bertz CT molecular complexity index is 412. The molecule has 0 aliphatic carbocycles. The Kier molecular flexibility index (Phi) is 3.04. The molecular formula is C10H12N4O. The molecule has 2 rings (SSSR count). The Morgan fingerprint density at radius 2 is 2.00 bits per heavy atom. The largest absolute Gasteiger partial charge is 0.396 e. The third kappa shape index (κ3) is 2.19. The van der Waals surface area contributed by atoms with Crippen LogP contribution in [0.5, 0.6) is 0 Å². The first-order chi connectivity index (χ1) is 7.42. The van der Waals surface area contributed by atoms with Crippen molar-refractivity contribution in [1.82, 2.24) is 20.2 Å². The minimum atomic E-state index is 0.147. The van der Waals surface area contributed by atoms with Gasteiger partial charge in [-0.05, 0) is 16.8 Å². The molecule has 2 aromatic rings. The Hall–Kier alpha value is -1.75. The Balaban J connectivity index is 2.25. The molecule has 0 spiro atoms. The van der Waals surface area contributed by atoms with Crippen molar-refractivity contribution in [3.8, 4) is 11.4 Å². The van der Waals surface area contributed by atoms with E-state index in [9.17, 15) is 0 Å². The second-order valence-electron chi connectivity index (χ2n) is 3.17. The fourth-order valence-corrected chi connectivity index (χ4v) is 1.37. The second kappa shape index (κ2) is 4.65. The molecule has 0 bridgehead atoms. The topological polar surface area (TPSA) is 63.8 Å². The van der Waals surface area contributed by atoms with Gasteiger partial charge < -0.3 is 5.11 Å². The van der Waals surface area contributed by atoms with Gasteiger partial charge >= 0.3 is 0 Å². The minimum Gasteiger partial charge on any atom is -0.396 e. The van der Waals surface area contributed by atoms with E-state index >= 15 is 0 Å². The van der Waals surface area contributed by atoms with Crippen LogP contribution in [0.25, 0.3) is 11.4 Å². The molecule has 1 heterocycles. The summed E-state index contributed by atoms with van der Waals surface area (Å²) in [6.07, 6.45) is 0.658. The minimum absolute atomic E-state index is 0.147. The molecule has 0 amide bonds. The molecular weight excluding hydrogens is 192 g/mol. The van der Waals surface area contributed by atoms with Gasteiger partial charge in [0.25, 0.3) is 0 Å². The number of hydrogen-bond donors (Lipinski definition) is 1. The average Bonchev–Trinajstić information content (AvgIpc) is 2.75. The van der Waals surface area contributed by atoms with Crippen molar-refractivity contribution in [3.63, 3.8) is 0 Å². The maximum Gasteiger partial charge on any atom is 0.182 e. The van der Waals surface area contributed by atoms with E-state index < -0.39 is 0 Å². The molecule has 0 unspecified atom stereocenters. The number of aliphatic hydroxyl groups is 1. The molecule has 0 radical (unpaired) electrons. The summed E-state index contributed by atoms with van der Waals surface area (Å²) in [6.45, 7) is 0.780. The van der Waals surface area contributed by atoms with Crippen LogP contribution in [0.2, 0.25) is 0 Å². The maximum absolute atomic E-state index is 8.74. The highest BCUT2D eigenvalue weighted by Crippen LogP contribution is 2.14. The monoisotopic (exact) mass is 204 g/mol. The number of rotatable bonds is 4. The van der Waals surface area contributed by atoms with Crippen LogP contribution in [0.15, 0.2) is 30.3 Å². The molecule has 0 fully saturated rings. The van der Waals surface area contributed by atoms with Gasteiger partial charge in [0.05, 0.1) is 0 Å². The smallest absolute Gasteiger partial charge is 0.182 e. The van der Waals surface area contributed by atoms with Crippen molar-refractivity contribution < 1.29 is 5.11 Å².